The molecule has 1 N–H and O–H groups in total. The Labute approximate surface area is 136 Å². The van der Waals surface area contributed by atoms with Crippen molar-refractivity contribution >= 4 is 20.7 Å². The predicted molar refractivity (Wildman–Crippen MR) is 93.5 cm³/mol. The van der Waals surface area contributed by atoms with Gasteiger partial charge in [-0.2, -0.15) is 5.10 Å². The molecule has 0 atom stereocenters. The Balaban J connectivity index is 2.34. The molecule has 1 heterocycles. The fourth-order valence-electron chi connectivity index (χ4n) is 3.20. The molecule has 0 aliphatic heterocycles. The second-order valence-electron chi connectivity index (χ2n) is 5.93. The lowest BCUT2D eigenvalue weighted by atomic mass is 9.93. The molecule has 23 heavy (non-hydrogen) atoms. The highest BCUT2D eigenvalue weighted by atomic mass is 32.2. The molecule has 120 valence electrons. The van der Waals surface area contributed by atoms with Gasteiger partial charge in [0.2, 0.25) is 0 Å². The van der Waals surface area contributed by atoms with E-state index in [0.717, 1.165) is 22.3 Å². The van der Waals surface area contributed by atoms with E-state index < -0.39 is 9.84 Å². The third-order valence-electron chi connectivity index (χ3n) is 4.19. The highest BCUT2D eigenvalue weighted by molar-refractivity contribution is 7.91. The monoisotopic (exact) mass is 328 g/mol. The van der Waals surface area contributed by atoms with Crippen molar-refractivity contribution in [1.29, 1.82) is 0 Å². The van der Waals surface area contributed by atoms with Gasteiger partial charge >= 0.3 is 0 Å². The minimum absolute atomic E-state index is 0.0527. The first-order valence-electron chi connectivity index (χ1n) is 7.63. The maximum Gasteiger partial charge on any atom is 0.195 e. The minimum atomic E-state index is -3.33. The van der Waals surface area contributed by atoms with Crippen LogP contribution in [0, 0.1) is 20.8 Å². The first kappa shape index (κ1) is 15.7. The van der Waals surface area contributed by atoms with Crippen molar-refractivity contribution < 1.29 is 8.42 Å². The summed E-state index contributed by atoms with van der Waals surface area (Å²) in [6.45, 7) is 7.86. The normalized spacial score (nSPS) is 12.0. The summed E-state index contributed by atoms with van der Waals surface area (Å²) >= 11 is 0. The zero-order chi connectivity index (χ0) is 16.8. The number of sulfone groups is 1. The van der Waals surface area contributed by atoms with Crippen LogP contribution in [0.1, 0.15) is 23.6 Å². The highest BCUT2D eigenvalue weighted by Gasteiger charge is 2.21. The van der Waals surface area contributed by atoms with Crippen LogP contribution < -0.4 is 0 Å². The number of para-hydroxylation sites is 1. The first-order valence-corrected chi connectivity index (χ1v) is 9.28. The quantitative estimate of drug-likeness (QED) is 0.792. The van der Waals surface area contributed by atoms with Crippen molar-refractivity contribution in [3.63, 3.8) is 0 Å². The number of nitrogens with zero attached hydrogens (tertiary/aromatic N) is 1. The van der Waals surface area contributed by atoms with E-state index in [1.54, 1.807) is 6.92 Å². The van der Waals surface area contributed by atoms with Crippen LogP contribution >= 0.6 is 0 Å². The van der Waals surface area contributed by atoms with Crippen LogP contribution in [0.25, 0.3) is 22.0 Å². The molecule has 0 radical (unpaired) electrons. The van der Waals surface area contributed by atoms with Gasteiger partial charge in [0.1, 0.15) is 5.52 Å². The summed E-state index contributed by atoms with van der Waals surface area (Å²) in [5, 5.41) is 7.90. The summed E-state index contributed by atoms with van der Waals surface area (Å²) in [5.74, 6) is 0.0527. The predicted octanol–water partition coefficient (Wildman–Crippen LogP) is 3.95. The average molecular weight is 328 g/mol. The van der Waals surface area contributed by atoms with E-state index in [4.69, 9.17) is 0 Å². The molecule has 0 bridgehead atoms. The van der Waals surface area contributed by atoms with Crippen LogP contribution in [0.15, 0.2) is 35.4 Å². The van der Waals surface area contributed by atoms with E-state index >= 15 is 0 Å². The topological polar surface area (TPSA) is 62.8 Å². The number of H-pyrrole nitrogens is 1. The summed E-state index contributed by atoms with van der Waals surface area (Å²) < 4.78 is 24.5. The SMILES string of the molecule is CCS(=O)(=O)c1[nH]nc2c(-c3c(C)cc(C)cc3C)cccc12. The van der Waals surface area contributed by atoms with Gasteiger partial charge in [0.15, 0.2) is 14.9 Å². The Morgan fingerprint density at radius 2 is 1.74 bits per heavy atom. The van der Waals surface area contributed by atoms with Gasteiger partial charge in [0, 0.05) is 10.9 Å². The van der Waals surface area contributed by atoms with Crippen LogP contribution in [0.2, 0.25) is 0 Å². The zero-order valence-electron chi connectivity index (χ0n) is 13.8. The lowest BCUT2D eigenvalue weighted by Crippen LogP contribution is -2.04. The number of aromatic amines is 1. The molecule has 3 rings (SSSR count). The fraction of sp³-hybridized carbons (Fsp3) is 0.278. The number of fused-ring (bicyclic) bond motifs is 1. The summed E-state index contributed by atoms with van der Waals surface area (Å²) in [7, 11) is -3.33. The molecule has 0 amide bonds. The van der Waals surface area contributed by atoms with E-state index in [2.05, 4.69) is 43.1 Å². The van der Waals surface area contributed by atoms with Crippen molar-refractivity contribution in [3.05, 3.63) is 47.0 Å². The van der Waals surface area contributed by atoms with Gasteiger partial charge in [-0.25, -0.2) is 8.42 Å². The maximum atomic E-state index is 12.2. The largest absolute Gasteiger partial charge is 0.266 e. The van der Waals surface area contributed by atoms with Crippen LogP contribution in [0.3, 0.4) is 0 Å². The Morgan fingerprint density at radius 3 is 2.35 bits per heavy atom. The molecule has 0 saturated carbocycles. The fourth-order valence-corrected chi connectivity index (χ4v) is 4.18. The zero-order valence-corrected chi connectivity index (χ0v) is 14.6. The Morgan fingerprint density at radius 1 is 1.09 bits per heavy atom. The van der Waals surface area contributed by atoms with E-state index in [-0.39, 0.29) is 10.8 Å². The van der Waals surface area contributed by atoms with Crippen molar-refractivity contribution in [1.82, 2.24) is 10.2 Å². The first-order chi connectivity index (χ1) is 10.8. The summed E-state index contributed by atoms with van der Waals surface area (Å²) in [6.07, 6.45) is 0. The third kappa shape index (κ3) is 2.55. The van der Waals surface area contributed by atoms with Gasteiger partial charge in [-0.1, -0.05) is 36.8 Å². The standard InChI is InChI=1S/C18H20N2O2S/c1-5-23(21,22)18-15-8-6-7-14(17(15)19-20-18)16-12(3)9-11(2)10-13(16)4/h6-10H,5H2,1-4H3,(H,19,20). The van der Waals surface area contributed by atoms with E-state index in [0.29, 0.717) is 10.9 Å². The second kappa shape index (κ2) is 5.49. The van der Waals surface area contributed by atoms with Crippen LogP contribution in [0.5, 0.6) is 0 Å². The van der Waals surface area contributed by atoms with Gasteiger partial charge in [0.05, 0.1) is 5.75 Å². The lowest BCUT2D eigenvalue weighted by molar-refractivity contribution is 0.594. The van der Waals surface area contributed by atoms with Gasteiger partial charge in [-0.05, 0) is 43.5 Å². The number of hydrogen-bond acceptors (Lipinski definition) is 3. The summed E-state index contributed by atoms with van der Waals surface area (Å²) in [6, 6.07) is 9.97. The number of aryl methyl sites for hydroxylation is 3. The molecular weight excluding hydrogens is 308 g/mol. The molecule has 0 aliphatic carbocycles. The molecule has 0 saturated heterocycles. The Hall–Kier alpha value is -2.14. The van der Waals surface area contributed by atoms with Crippen molar-refractivity contribution in [2.24, 2.45) is 0 Å². The second-order valence-corrected chi connectivity index (χ2v) is 8.15. The maximum absolute atomic E-state index is 12.2. The highest BCUT2D eigenvalue weighted by Crippen LogP contribution is 2.34. The number of hydrogen-bond donors (Lipinski definition) is 1. The molecule has 0 unspecified atom stereocenters. The van der Waals surface area contributed by atoms with Crippen molar-refractivity contribution in [2.75, 3.05) is 5.75 Å². The van der Waals surface area contributed by atoms with Gasteiger partial charge < -0.3 is 0 Å². The van der Waals surface area contributed by atoms with Crippen LogP contribution in [-0.4, -0.2) is 24.4 Å². The molecule has 3 aromatic rings. The Kier molecular flexibility index (Phi) is 3.76. The number of rotatable bonds is 3. The molecule has 0 aliphatic rings. The minimum Gasteiger partial charge on any atom is -0.266 e. The van der Waals surface area contributed by atoms with E-state index in [1.807, 2.05) is 18.2 Å². The molecule has 2 aromatic carbocycles. The molecule has 1 aromatic heterocycles. The van der Waals surface area contributed by atoms with Crippen molar-refractivity contribution in [2.45, 2.75) is 32.7 Å². The Bertz CT molecular complexity index is 978. The average Bonchev–Trinajstić information content (AvgIpc) is 2.91. The van der Waals surface area contributed by atoms with Crippen molar-refractivity contribution in [3.8, 4) is 11.1 Å². The molecule has 5 heteroatoms. The van der Waals surface area contributed by atoms with Gasteiger partial charge in [-0.3, -0.25) is 5.10 Å². The molecule has 0 fully saturated rings. The summed E-state index contributed by atoms with van der Waals surface area (Å²) in [5.41, 5.74) is 6.33. The third-order valence-corrected chi connectivity index (χ3v) is 5.88. The lowest BCUT2D eigenvalue weighted by Gasteiger charge is -2.12. The molecule has 4 nitrogen and oxygen atoms in total. The van der Waals surface area contributed by atoms with E-state index in [1.165, 1.54) is 5.56 Å². The van der Waals surface area contributed by atoms with Crippen LogP contribution in [0.4, 0.5) is 0 Å². The smallest absolute Gasteiger partial charge is 0.195 e. The van der Waals surface area contributed by atoms with Gasteiger partial charge in [0.25, 0.3) is 0 Å². The number of benzene rings is 2. The number of aromatic nitrogens is 2. The van der Waals surface area contributed by atoms with Crippen LogP contribution in [-0.2, 0) is 9.84 Å². The molecular formula is C18H20N2O2S. The van der Waals surface area contributed by atoms with E-state index in [9.17, 15) is 8.42 Å². The number of nitrogens with one attached hydrogen (secondary N) is 1. The van der Waals surface area contributed by atoms with Gasteiger partial charge in [-0.15, -0.1) is 0 Å². The molecule has 0 spiro atoms. The summed E-state index contributed by atoms with van der Waals surface area (Å²) in [4.78, 5) is 0.